The Balaban J connectivity index is 2.72. The fourth-order valence-electron chi connectivity index (χ4n) is 1.88. The quantitative estimate of drug-likeness (QED) is 0.762. The van der Waals surface area contributed by atoms with Crippen LogP contribution in [0.25, 0.3) is 0 Å². The summed E-state index contributed by atoms with van der Waals surface area (Å²) in [5.74, 6) is -0.897. The molecule has 0 aliphatic heterocycles. The highest BCUT2D eigenvalue weighted by atomic mass is 16.4. The maximum atomic E-state index is 10.5. The van der Waals surface area contributed by atoms with E-state index in [0.717, 1.165) is 5.56 Å². The van der Waals surface area contributed by atoms with Crippen molar-refractivity contribution in [3.63, 3.8) is 0 Å². The third kappa shape index (κ3) is 4.65. The molecular formula is C15H23NO3. The van der Waals surface area contributed by atoms with E-state index in [1.165, 1.54) is 5.56 Å². The zero-order valence-corrected chi connectivity index (χ0v) is 11.8. The van der Waals surface area contributed by atoms with Crippen molar-refractivity contribution in [3.8, 4) is 0 Å². The van der Waals surface area contributed by atoms with Crippen LogP contribution in [-0.2, 0) is 10.2 Å². The molecule has 0 aliphatic rings. The number of aliphatic carboxylic acids is 1. The van der Waals surface area contributed by atoms with E-state index in [4.69, 9.17) is 10.8 Å². The van der Waals surface area contributed by atoms with E-state index in [1.54, 1.807) is 0 Å². The first-order valence-corrected chi connectivity index (χ1v) is 6.47. The molecule has 0 saturated carbocycles. The molecule has 0 aromatic heterocycles. The van der Waals surface area contributed by atoms with Crippen molar-refractivity contribution < 1.29 is 15.0 Å². The summed E-state index contributed by atoms with van der Waals surface area (Å²) in [6, 6.07) is 7.10. The highest BCUT2D eigenvalue weighted by Gasteiger charge is 2.19. The molecule has 2 atom stereocenters. The molecule has 4 nitrogen and oxygen atoms in total. The predicted octanol–water partition coefficient (Wildman–Crippen LogP) is 2.21. The molecule has 0 bridgehead atoms. The van der Waals surface area contributed by atoms with Gasteiger partial charge in [0.15, 0.2) is 0 Å². The number of carboxylic acid groups (broad SMARTS) is 1. The van der Waals surface area contributed by atoms with Gasteiger partial charge in [0.05, 0.1) is 6.10 Å². The monoisotopic (exact) mass is 265 g/mol. The summed E-state index contributed by atoms with van der Waals surface area (Å²) >= 11 is 0. The molecule has 4 heteroatoms. The Morgan fingerprint density at radius 2 is 1.79 bits per heavy atom. The van der Waals surface area contributed by atoms with Gasteiger partial charge in [-0.25, -0.2) is 0 Å². The Hall–Kier alpha value is -1.39. The van der Waals surface area contributed by atoms with Crippen LogP contribution in [0, 0.1) is 0 Å². The molecule has 4 N–H and O–H groups in total. The Morgan fingerprint density at radius 3 is 2.21 bits per heavy atom. The zero-order valence-electron chi connectivity index (χ0n) is 11.8. The lowest BCUT2D eigenvalue weighted by molar-refractivity contribution is -0.137. The van der Waals surface area contributed by atoms with Gasteiger partial charge >= 0.3 is 5.97 Å². The summed E-state index contributed by atoms with van der Waals surface area (Å²) in [5.41, 5.74) is 7.78. The van der Waals surface area contributed by atoms with Gasteiger partial charge in [0.1, 0.15) is 0 Å². The summed E-state index contributed by atoms with van der Waals surface area (Å²) in [5, 5.41) is 18.7. The first-order chi connectivity index (χ1) is 8.71. The van der Waals surface area contributed by atoms with E-state index in [9.17, 15) is 9.90 Å². The highest BCUT2D eigenvalue weighted by molar-refractivity contribution is 5.66. The molecule has 106 valence electrons. The molecule has 0 fully saturated rings. The first kappa shape index (κ1) is 15.7. The standard InChI is InChI=1S/C15H23NO3/c1-15(2,3)11-6-4-10(5-7-11)14(19)12(16)8-9-13(17)18/h4-7,12,14,19H,8-9,16H2,1-3H3,(H,17,18). The molecule has 1 rings (SSSR count). The number of aliphatic hydroxyl groups is 1. The molecular weight excluding hydrogens is 242 g/mol. The summed E-state index contributed by atoms with van der Waals surface area (Å²) in [4.78, 5) is 10.5. The van der Waals surface area contributed by atoms with Crippen LogP contribution in [0.3, 0.4) is 0 Å². The van der Waals surface area contributed by atoms with Gasteiger partial charge < -0.3 is 15.9 Å². The van der Waals surface area contributed by atoms with Gasteiger partial charge in [-0.05, 0) is 23.0 Å². The second-order valence-electron chi connectivity index (χ2n) is 5.91. The van der Waals surface area contributed by atoms with Gasteiger partial charge in [0.25, 0.3) is 0 Å². The fourth-order valence-corrected chi connectivity index (χ4v) is 1.88. The van der Waals surface area contributed by atoms with Gasteiger partial charge in [0.2, 0.25) is 0 Å². The average Bonchev–Trinajstić information content (AvgIpc) is 2.34. The molecule has 0 heterocycles. The van der Waals surface area contributed by atoms with Crippen molar-refractivity contribution in [3.05, 3.63) is 35.4 Å². The van der Waals surface area contributed by atoms with Crippen molar-refractivity contribution in [2.24, 2.45) is 5.73 Å². The number of rotatable bonds is 5. The molecule has 0 amide bonds. The van der Waals surface area contributed by atoms with Crippen molar-refractivity contribution in [2.75, 3.05) is 0 Å². The van der Waals surface area contributed by atoms with Crippen LogP contribution in [0.2, 0.25) is 0 Å². The lowest BCUT2D eigenvalue weighted by Crippen LogP contribution is -2.29. The highest BCUT2D eigenvalue weighted by Crippen LogP contribution is 2.25. The maximum absolute atomic E-state index is 10.5. The molecule has 19 heavy (non-hydrogen) atoms. The summed E-state index contributed by atoms with van der Waals surface area (Å²) in [6.45, 7) is 6.37. The van der Waals surface area contributed by atoms with Crippen LogP contribution in [0.15, 0.2) is 24.3 Å². The fraction of sp³-hybridized carbons (Fsp3) is 0.533. The van der Waals surface area contributed by atoms with Gasteiger partial charge in [0, 0.05) is 12.5 Å². The SMILES string of the molecule is CC(C)(C)c1ccc(C(O)C(N)CCC(=O)O)cc1. The Kier molecular flexibility index (Phi) is 5.09. The largest absolute Gasteiger partial charge is 0.481 e. The minimum Gasteiger partial charge on any atom is -0.481 e. The van der Waals surface area contributed by atoms with E-state index in [-0.39, 0.29) is 18.3 Å². The number of benzene rings is 1. The van der Waals surface area contributed by atoms with Gasteiger partial charge in [-0.15, -0.1) is 0 Å². The molecule has 0 saturated heterocycles. The molecule has 0 radical (unpaired) electrons. The number of hydrogen-bond donors (Lipinski definition) is 3. The summed E-state index contributed by atoms with van der Waals surface area (Å²) < 4.78 is 0. The molecule has 1 aromatic rings. The van der Waals surface area contributed by atoms with Gasteiger partial charge in [-0.2, -0.15) is 0 Å². The van der Waals surface area contributed by atoms with E-state index in [2.05, 4.69) is 20.8 Å². The predicted molar refractivity (Wildman–Crippen MR) is 74.9 cm³/mol. The topological polar surface area (TPSA) is 83.5 Å². The minimum atomic E-state index is -0.897. The number of aliphatic hydroxyl groups excluding tert-OH is 1. The van der Waals surface area contributed by atoms with Crippen molar-refractivity contribution in [1.29, 1.82) is 0 Å². The van der Waals surface area contributed by atoms with Crippen LogP contribution in [0.5, 0.6) is 0 Å². The zero-order chi connectivity index (χ0) is 14.6. The first-order valence-electron chi connectivity index (χ1n) is 6.47. The Bertz CT molecular complexity index is 420. The van der Waals surface area contributed by atoms with Crippen molar-refractivity contribution >= 4 is 5.97 Å². The van der Waals surface area contributed by atoms with E-state index in [1.807, 2.05) is 24.3 Å². The number of hydrogen-bond acceptors (Lipinski definition) is 3. The van der Waals surface area contributed by atoms with Gasteiger partial charge in [-0.1, -0.05) is 45.0 Å². The van der Waals surface area contributed by atoms with Crippen molar-refractivity contribution in [1.82, 2.24) is 0 Å². The second-order valence-corrected chi connectivity index (χ2v) is 5.91. The van der Waals surface area contributed by atoms with Gasteiger partial charge in [-0.3, -0.25) is 4.79 Å². The Morgan fingerprint density at radius 1 is 1.26 bits per heavy atom. The van der Waals surface area contributed by atoms with E-state index < -0.39 is 18.1 Å². The van der Waals surface area contributed by atoms with Crippen LogP contribution in [-0.4, -0.2) is 22.2 Å². The maximum Gasteiger partial charge on any atom is 0.303 e. The van der Waals surface area contributed by atoms with Crippen LogP contribution < -0.4 is 5.73 Å². The molecule has 1 aromatic carbocycles. The van der Waals surface area contributed by atoms with Crippen molar-refractivity contribution in [2.45, 2.75) is 51.2 Å². The van der Waals surface area contributed by atoms with E-state index in [0.29, 0.717) is 0 Å². The summed E-state index contributed by atoms with van der Waals surface area (Å²) in [6.07, 6.45) is -0.594. The average molecular weight is 265 g/mol. The number of nitrogens with two attached hydrogens (primary N) is 1. The van der Waals surface area contributed by atoms with Crippen LogP contribution in [0.4, 0.5) is 0 Å². The third-order valence-corrected chi connectivity index (χ3v) is 3.22. The molecule has 0 spiro atoms. The normalized spacial score (nSPS) is 15.0. The minimum absolute atomic E-state index is 0.0295. The molecule has 2 unspecified atom stereocenters. The summed E-state index contributed by atoms with van der Waals surface area (Å²) in [7, 11) is 0. The Labute approximate surface area is 114 Å². The van der Waals surface area contributed by atoms with Crippen LogP contribution >= 0.6 is 0 Å². The van der Waals surface area contributed by atoms with E-state index >= 15 is 0 Å². The van der Waals surface area contributed by atoms with Crippen LogP contribution in [0.1, 0.15) is 50.8 Å². The second kappa shape index (κ2) is 6.17. The number of carboxylic acids is 1. The third-order valence-electron chi connectivity index (χ3n) is 3.22. The smallest absolute Gasteiger partial charge is 0.303 e. The number of carbonyl (C=O) groups is 1. The molecule has 0 aliphatic carbocycles. The lowest BCUT2D eigenvalue weighted by atomic mass is 9.86. The lowest BCUT2D eigenvalue weighted by Gasteiger charge is -2.22.